The smallest absolute Gasteiger partial charge is 0.280 e. The van der Waals surface area contributed by atoms with Crippen LogP contribution in [0, 0.1) is 11.3 Å². The van der Waals surface area contributed by atoms with Crippen LogP contribution in [0.5, 0.6) is 0 Å². The first-order valence-electron chi connectivity index (χ1n) is 5.88. The van der Waals surface area contributed by atoms with Crippen molar-refractivity contribution in [1.82, 2.24) is 9.78 Å². The van der Waals surface area contributed by atoms with Crippen molar-refractivity contribution in [3.05, 3.63) is 45.9 Å². The van der Waals surface area contributed by atoms with Crippen LogP contribution in [0.25, 0.3) is 5.69 Å². The zero-order valence-corrected chi connectivity index (χ0v) is 12.0. The SMILES string of the molecule is N#Cc1[nH]n(-c2ccccc2C(F)(F)F)c(=O)c1S(=O)C(F)(F)F. The van der Waals surface area contributed by atoms with Gasteiger partial charge in [0.15, 0.2) is 21.4 Å². The Kier molecular flexibility index (Phi) is 4.32. The summed E-state index contributed by atoms with van der Waals surface area (Å²) < 4.78 is 88.1. The summed E-state index contributed by atoms with van der Waals surface area (Å²) >= 11 is 0. The van der Waals surface area contributed by atoms with Crippen LogP contribution in [0.1, 0.15) is 11.3 Å². The van der Waals surface area contributed by atoms with Crippen LogP contribution >= 0.6 is 0 Å². The zero-order chi connectivity index (χ0) is 18.3. The summed E-state index contributed by atoms with van der Waals surface area (Å²) in [6.07, 6.45) is -4.91. The van der Waals surface area contributed by atoms with Crippen molar-refractivity contribution in [3.8, 4) is 11.8 Å². The highest BCUT2D eigenvalue weighted by molar-refractivity contribution is 7.86. The van der Waals surface area contributed by atoms with Gasteiger partial charge in [-0.05, 0) is 12.1 Å². The zero-order valence-electron chi connectivity index (χ0n) is 11.2. The van der Waals surface area contributed by atoms with E-state index >= 15 is 0 Å². The van der Waals surface area contributed by atoms with Crippen molar-refractivity contribution in [2.45, 2.75) is 16.6 Å². The Labute approximate surface area is 131 Å². The maximum absolute atomic E-state index is 13.0. The number of aromatic amines is 1. The van der Waals surface area contributed by atoms with Gasteiger partial charge in [-0.25, -0.2) is 8.89 Å². The molecular weight excluding hydrogens is 364 g/mol. The molecule has 0 amide bonds. The molecule has 1 atom stereocenters. The lowest BCUT2D eigenvalue weighted by Gasteiger charge is -2.12. The van der Waals surface area contributed by atoms with E-state index in [1.54, 1.807) is 0 Å². The molecule has 0 saturated carbocycles. The van der Waals surface area contributed by atoms with E-state index in [0.717, 1.165) is 18.2 Å². The minimum absolute atomic E-state index is 0.111. The third-order valence-electron chi connectivity index (χ3n) is 2.81. The third kappa shape index (κ3) is 3.07. The van der Waals surface area contributed by atoms with Gasteiger partial charge in [-0.1, -0.05) is 12.1 Å². The maximum atomic E-state index is 13.0. The molecule has 128 valence electrons. The second-order valence-corrected chi connectivity index (χ2v) is 5.71. The summed E-state index contributed by atoms with van der Waals surface area (Å²) in [5.74, 6) is 0. The fourth-order valence-corrected chi connectivity index (χ4v) is 2.62. The highest BCUT2D eigenvalue weighted by Crippen LogP contribution is 2.33. The van der Waals surface area contributed by atoms with Crippen molar-refractivity contribution in [2.75, 3.05) is 0 Å². The monoisotopic (exact) mass is 369 g/mol. The third-order valence-corrected chi connectivity index (χ3v) is 3.98. The Morgan fingerprint density at radius 3 is 2.21 bits per heavy atom. The van der Waals surface area contributed by atoms with Gasteiger partial charge >= 0.3 is 11.7 Å². The average molecular weight is 369 g/mol. The number of hydrogen-bond acceptors (Lipinski definition) is 3. The van der Waals surface area contributed by atoms with Gasteiger partial charge < -0.3 is 0 Å². The first kappa shape index (κ1) is 17.8. The number of benzene rings is 1. The lowest BCUT2D eigenvalue weighted by molar-refractivity contribution is -0.137. The second-order valence-electron chi connectivity index (χ2n) is 4.30. The molecule has 1 heterocycles. The number of nitrogens with zero attached hydrogens (tertiary/aromatic N) is 2. The molecule has 2 aromatic rings. The summed E-state index contributed by atoms with van der Waals surface area (Å²) in [5.41, 5.74) is -10.2. The van der Waals surface area contributed by atoms with E-state index in [4.69, 9.17) is 5.26 Å². The largest absolute Gasteiger partial charge is 0.476 e. The van der Waals surface area contributed by atoms with Crippen LogP contribution < -0.4 is 5.56 Å². The summed E-state index contributed by atoms with van der Waals surface area (Å²) in [4.78, 5) is 10.6. The van der Waals surface area contributed by atoms with Gasteiger partial charge in [0.05, 0.1) is 11.3 Å². The Morgan fingerprint density at radius 2 is 1.71 bits per heavy atom. The van der Waals surface area contributed by atoms with Crippen LogP contribution in [-0.4, -0.2) is 19.5 Å². The maximum Gasteiger partial charge on any atom is 0.476 e. The molecule has 0 aliphatic carbocycles. The Bertz CT molecular complexity index is 903. The molecule has 2 rings (SSSR count). The van der Waals surface area contributed by atoms with Crippen LogP contribution in [-0.2, 0) is 17.0 Å². The molecule has 1 aromatic heterocycles. The summed E-state index contributed by atoms with van der Waals surface area (Å²) in [6, 6.07) is 4.74. The predicted octanol–water partition coefficient (Wildman–Crippen LogP) is 2.68. The lowest BCUT2D eigenvalue weighted by atomic mass is 10.2. The minimum Gasteiger partial charge on any atom is -0.280 e. The number of para-hydroxylation sites is 1. The topological polar surface area (TPSA) is 78.7 Å². The van der Waals surface area contributed by atoms with Gasteiger partial charge in [-0.3, -0.25) is 9.89 Å². The molecule has 1 unspecified atom stereocenters. The minimum atomic E-state index is -5.35. The standard InChI is InChI=1S/C12H5F6N3O2S/c13-11(14,15)6-3-1-2-4-8(6)21-10(22)9(7(5-19)20-21)24(23)12(16,17)18/h1-4,20H. The van der Waals surface area contributed by atoms with E-state index < -0.39 is 49.9 Å². The number of rotatable bonds is 2. The van der Waals surface area contributed by atoms with Gasteiger partial charge in [0.1, 0.15) is 6.07 Å². The van der Waals surface area contributed by atoms with Crippen molar-refractivity contribution in [3.63, 3.8) is 0 Å². The highest BCUT2D eigenvalue weighted by atomic mass is 32.2. The second kappa shape index (κ2) is 5.82. The van der Waals surface area contributed by atoms with Gasteiger partial charge in [-0.15, -0.1) is 0 Å². The molecule has 0 radical (unpaired) electrons. The summed E-state index contributed by atoms with van der Waals surface area (Å²) in [7, 11) is -3.87. The molecule has 0 aliphatic heterocycles. The predicted molar refractivity (Wildman–Crippen MR) is 68.6 cm³/mol. The van der Waals surface area contributed by atoms with Crippen LogP contribution in [0.2, 0.25) is 0 Å². The summed E-state index contributed by atoms with van der Waals surface area (Å²) in [6.45, 7) is 0. The molecule has 0 saturated heterocycles. The molecular formula is C12H5F6N3O2S. The average Bonchev–Trinajstić information content (AvgIpc) is 2.81. The van der Waals surface area contributed by atoms with E-state index in [9.17, 15) is 35.3 Å². The molecule has 0 bridgehead atoms. The van der Waals surface area contributed by atoms with E-state index in [1.807, 2.05) is 5.10 Å². The fourth-order valence-electron chi connectivity index (χ4n) is 1.86. The number of H-pyrrole nitrogens is 1. The number of alkyl halides is 6. The Hall–Kier alpha value is -2.55. The number of nitrogens with one attached hydrogen (secondary N) is 1. The van der Waals surface area contributed by atoms with Crippen molar-refractivity contribution >= 4 is 10.8 Å². The van der Waals surface area contributed by atoms with Gasteiger partial charge in [-0.2, -0.15) is 31.6 Å². The molecule has 0 aliphatic rings. The normalized spacial score (nSPS) is 13.5. The van der Waals surface area contributed by atoms with E-state index in [0.29, 0.717) is 6.07 Å². The quantitative estimate of drug-likeness (QED) is 0.827. The molecule has 5 nitrogen and oxygen atoms in total. The molecule has 0 spiro atoms. The van der Waals surface area contributed by atoms with Crippen molar-refractivity contribution in [1.29, 1.82) is 5.26 Å². The van der Waals surface area contributed by atoms with E-state index in [2.05, 4.69) is 0 Å². The molecule has 12 heteroatoms. The van der Waals surface area contributed by atoms with Crippen LogP contribution in [0.3, 0.4) is 0 Å². The van der Waals surface area contributed by atoms with Gasteiger partial charge in [0.25, 0.3) is 5.56 Å². The fraction of sp³-hybridized carbons (Fsp3) is 0.167. The van der Waals surface area contributed by atoms with E-state index in [-0.39, 0.29) is 4.68 Å². The van der Waals surface area contributed by atoms with Crippen molar-refractivity contribution in [2.24, 2.45) is 0 Å². The highest BCUT2D eigenvalue weighted by Gasteiger charge is 2.43. The number of aromatic nitrogens is 2. The molecule has 1 N–H and O–H groups in total. The first-order valence-corrected chi connectivity index (χ1v) is 7.03. The molecule has 0 fully saturated rings. The lowest BCUT2D eigenvalue weighted by Crippen LogP contribution is -2.25. The summed E-state index contributed by atoms with van der Waals surface area (Å²) in [5, 5.41) is 10.6. The van der Waals surface area contributed by atoms with Crippen LogP contribution in [0.4, 0.5) is 26.3 Å². The van der Waals surface area contributed by atoms with Gasteiger partial charge in [0, 0.05) is 0 Å². The molecule has 24 heavy (non-hydrogen) atoms. The number of halogens is 6. The number of nitriles is 1. The van der Waals surface area contributed by atoms with E-state index in [1.165, 1.54) is 6.07 Å². The van der Waals surface area contributed by atoms with Gasteiger partial charge in [0.2, 0.25) is 0 Å². The van der Waals surface area contributed by atoms with Crippen molar-refractivity contribution < 1.29 is 30.6 Å². The molecule has 1 aromatic carbocycles. The Balaban J connectivity index is 2.78. The number of hydrogen-bond donors (Lipinski definition) is 1. The first-order chi connectivity index (χ1) is 11.0. The Morgan fingerprint density at radius 1 is 1.12 bits per heavy atom. The van der Waals surface area contributed by atoms with Crippen LogP contribution in [0.15, 0.2) is 34.0 Å².